The lowest BCUT2D eigenvalue weighted by Gasteiger charge is -2.30. The van der Waals surface area contributed by atoms with Gasteiger partial charge in [-0.1, -0.05) is 48.0 Å². The van der Waals surface area contributed by atoms with Crippen molar-refractivity contribution in [2.75, 3.05) is 25.7 Å². The van der Waals surface area contributed by atoms with Crippen molar-refractivity contribution in [1.82, 2.24) is 9.13 Å². The number of nitrogens with zero attached hydrogens (tertiary/aromatic N) is 3. The fourth-order valence-corrected chi connectivity index (χ4v) is 5.04. The second-order valence-corrected chi connectivity index (χ2v) is 9.26. The Morgan fingerprint density at radius 1 is 0.946 bits per heavy atom. The van der Waals surface area contributed by atoms with Crippen LogP contribution in [-0.4, -0.2) is 35.8 Å². The molecular weight excluding hydrogens is 494 g/mol. The second-order valence-electron chi connectivity index (χ2n) is 8.85. The Morgan fingerprint density at radius 2 is 1.65 bits per heavy atom. The predicted octanol–water partition coefficient (Wildman–Crippen LogP) is 3.86. The van der Waals surface area contributed by atoms with Crippen molar-refractivity contribution in [2.24, 2.45) is 0 Å². The summed E-state index contributed by atoms with van der Waals surface area (Å²) in [5.41, 5.74) is 1.73. The molecule has 1 aliphatic heterocycles. The average Bonchev–Trinajstić information content (AvgIpc) is 2.93. The molecule has 0 radical (unpaired) electrons. The molecule has 0 unspecified atom stereocenters. The topological polar surface area (TPSA) is 82.8 Å². The van der Waals surface area contributed by atoms with Crippen molar-refractivity contribution in [2.45, 2.75) is 25.9 Å². The van der Waals surface area contributed by atoms with Crippen LogP contribution in [0.4, 0.5) is 5.69 Å². The molecule has 0 saturated carbocycles. The smallest absolute Gasteiger partial charge is 0.332 e. The molecule has 0 spiro atoms. The minimum Gasteiger partial charge on any atom is -0.493 e. The summed E-state index contributed by atoms with van der Waals surface area (Å²) in [4.78, 5) is 42.7. The fourth-order valence-electron chi connectivity index (χ4n) is 4.85. The van der Waals surface area contributed by atoms with E-state index in [2.05, 4.69) is 0 Å². The van der Waals surface area contributed by atoms with Gasteiger partial charge in [-0.25, -0.2) is 4.79 Å². The average molecular weight is 520 g/mol. The zero-order valence-corrected chi connectivity index (χ0v) is 21.3. The number of rotatable bonds is 6. The number of halogens is 1. The van der Waals surface area contributed by atoms with E-state index in [9.17, 15) is 14.4 Å². The van der Waals surface area contributed by atoms with Crippen molar-refractivity contribution in [1.29, 1.82) is 0 Å². The summed E-state index contributed by atoms with van der Waals surface area (Å²) < 4.78 is 13.3. The molecule has 37 heavy (non-hydrogen) atoms. The first kappa shape index (κ1) is 24.6. The van der Waals surface area contributed by atoms with Crippen LogP contribution in [0.2, 0.25) is 5.02 Å². The van der Waals surface area contributed by atoms with Crippen LogP contribution >= 0.6 is 11.6 Å². The molecule has 1 aromatic heterocycles. The first-order valence-corrected chi connectivity index (χ1v) is 12.3. The van der Waals surface area contributed by atoms with Crippen LogP contribution in [0.3, 0.4) is 0 Å². The number of aryl methyl sites for hydroxylation is 1. The van der Waals surface area contributed by atoms with E-state index in [0.29, 0.717) is 34.1 Å². The largest absolute Gasteiger partial charge is 0.493 e. The fraction of sp³-hybridized carbons (Fsp3) is 0.250. The van der Waals surface area contributed by atoms with Crippen molar-refractivity contribution < 1.29 is 14.3 Å². The SMILES string of the molecule is COc1cc2c(=O)n(Cc3ccccc3Cl)c(=O)n(CC(=O)N3CCCc4ccccc43)c2cc1OC. The Morgan fingerprint density at radius 3 is 2.41 bits per heavy atom. The quantitative estimate of drug-likeness (QED) is 0.386. The Kier molecular flexibility index (Phi) is 6.76. The predicted molar refractivity (Wildman–Crippen MR) is 143 cm³/mol. The summed E-state index contributed by atoms with van der Waals surface area (Å²) in [5.74, 6) is 0.452. The highest BCUT2D eigenvalue weighted by Gasteiger charge is 2.25. The number of anilines is 1. The first-order chi connectivity index (χ1) is 17.9. The molecule has 0 N–H and O–H groups in total. The molecule has 5 rings (SSSR count). The number of amides is 1. The van der Waals surface area contributed by atoms with Crippen molar-refractivity contribution in [3.8, 4) is 11.5 Å². The Bertz CT molecular complexity index is 1620. The highest BCUT2D eigenvalue weighted by Crippen LogP contribution is 2.31. The number of ether oxygens (including phenoxy) is 2. The van der Waals surface area contributed by atoms with Crippen LogP contribution in [0, 0.1) is 0 Å². The third kappa shape index (κ3) is 4.49. The van der Waals surface area contributed by atoms with Gasteiger partial charge in [0, 0.05) is 23.3 Å². The van der Waals surface area contributed by atoms with E-state index in [1.54, 1.807) is 35.2 Å². The molecule has 0 saturated heterocycles. The number of benzene rings is 3. The maximum absolute atomic E-state index is 13.8. The van der Waals surface area contributed by atoms with Gasteiger partial charge < -0.3 is 14.4 Å². The monoisotopic (exact) mass is 519 g/mol. The molecule has 190 valence electrons. The van der Waals surface area contributed by atoms with Crippen molar-refractivity contribution in [3.05, 3.63) is 97.7 Å². The van der Waals surface area contributed by atoms with Crippen LogP contribution in [0.25, 0.3) is 10.9 Å². The van der Waals surface area contributed by atoms with E-state index < -0.39 is 11.2 Å². The molecule has 0 fully saturated rings. The zero-order chi connectivity index (χ0) is 26.1. The maximum atomic E-state index is 13.8. The Hall–Kier alpha value is -4.04. The molecule has 1 amide bonds. The number of methoxy groups -OCH3 is 2. The summed E-state index contributed by atoms with van der Waals surface area (Å²) >= 11 is 6.34. The van der Waals surface area contributed by atoms with Gasteiger partial charge in [0.25, 0.3) is 5.56 Å². The van der Waals surface area contributed by atoms with E-state index in [1.807, 2.05) is 24.3 Å². The van der Waals surface area contributed by atoms with Crippen LogP contribution in [0.1, 0.15) is 17.5 Å². The number of hydrogen-bond donors (Lipinski definition) is 0. The number of aromatic nitrogens is 2. The van der Waals surface area contributed by atoms with Crippen LogP contribution in [0.15, 0.2) is 70.3 Å². The molecule has 3 aromatic carbocycles. The van der Waals surface area contributed by atoms with Gasteiger partial charge >= 0.3 is 5.69 Å². The first-order valence-electron chi connectivity index (χ1n) is 11.9. The Labute approximate surface area is 218 Å². The number of hydrogen-bond acceptors (Lipinski definition) is 5. The summed E-state index contributed by atoms with van der Waals surface area (Å²) in [5, 5.41) is 0.671. The molecular formula is C28H26ClN3O5. The van der Waals surface area contributed by atoms with E-state index in [4.69, 9.17) is 21.1 Å². The molecule has 0 atom stereocenters. The van der Waals surface area contributed by atoms with E-state index in [-0.39, 0.29) is 24.4 Å². The minimum atomic E-state index is -0.608. The number of para-hydroxylation sites is 1. The third-order valence-electron chi connectivity index (χ3n) is 6.72. The normalized spacial score (nSPS) is 12.9. The summed E-state index contributed by atoms with van der Waals surface area (Å²) in [7, 11) is 2.94. The zero-order valence-electron chi connectivity index (χ0n) is 20.6. The second kappa shape index (κ2) is 10.1. The highest BCUT2D eigenvalue weighted by atomic mass is 35.5. The van der Waals surface area contributed by atoms with Crippen LogP contribution in [-0.2, 0) is 24.3 Å². The van der Waals surface area contributed by atoms with Crippen molar-refractivity contribution in [3.63, 3.8) is 0 Å². The molecule has 4 aromatic rings. The van der Waals surface area contributed by atoms with Gasteiger partial charge in [-0.05, 0) is 42.2 Å². The standard InChI is InChI=1S/C28H26ClN3O5/c1-36-24-14-20-23(15-25(24)37-2)31(17-26(33)30-13-7-10-18-8-4-6-12-22(18)30)28(35)32(27(20)34)16-19-9-3-5-11-21(19)29/h3-6,8-9,11-12,14-15H,7,10,13,16-17H2,1-2H3. The van der Waals surface area contributed by atoms with Crippen LogP contribution < -0.4 is 25.6 Å². The van der Waals surface area contributed by atoms with Gasteiger partial charge in [-0.15, -0.1) is 0 Å². The van der Waals surface area contributed by atoms with E-state index >= 15 is 0 Å². The van der Waals surface area contributed by atoms with Gasteiger partial charge in [0.15, 0.2) is 11.5 Å². The van der Waals surface area contributed by atoms with Gasteiger partial charge in [-0.3, -0.25) is 18.7 Å². The number of fused-ring (bicyclic) bond motifs is 2. The molecule has 0 aliphatic carbocycles. The highest BCUT2D eigenvalue weighted by molar-refractivity contribution is 6.31. The third-order valence-corrected chi connectivity index (χ3v) is 7.09. The molecule has 0 bridgehead atoms. The number of carbonyl (C=O) groups excluding carboxylic acids is 1. The molecule has 2 heterocycles. The lowest BCUT2D eigenvalue weighted by Crippen LogP contribution is -2.44. The summed E-state index contributed by atoms with van der Waals surface area (Å²) in [6, 6.07) is 17.9. The molecule has 9 heteroatoms. The molecule has 1 aliphatic rings. The Balaban J connectivity index is 1.68. The maximum Gasteiger partial charge on any atom is 0.332 e. The lowest BCUT2D eigenvalue weighted by atomic mass is 10.0. The van der Waals surface area contributed by atoms with Crippen LogP contribution in [0.5, 0.6) is 11.5 Å². The van der Waals surface area contributed by atoms with Crippen molar-refractivity contribution >= 4 is 34.1 Å². The van der Waals surface area contributed by atoms with Gasteiger partial charge in [0.05, 0.1) is 31.7 Å². The van der Waals surface area contributed by atoms with E-state index in [1.165, 1.54) is 24.9 Å². The number of carbonyl (C=O) groups is 1. The molecule has 8 nitrogen and oxygen atoms in total. The van der Waals surface area contributed by atoms with Gasteiger partial charge in [0.2, 0.25) is 5.91 Å². The lowest BCUT2D eigenvalue weighted by molar-refractivity contribution is -0.119. The summed E-state index contributed by atoms with van der Waals surface area (Å²) in [6.45, 7) is 0.267. The van der Waals surface area contributed by atoms with E-state index in [0.717, 1.165) is 28.7 Å². The summed E-state index contributed by atoms with van der Waals surface area (Å²) in [6.07, 6.45) is 1.72. The minimum absolute atomic E-state index is 0.0393. The van der Waals surface area contributed by atoms with Gasteiger partial charge in [-0.2, -0.15) is 0 Å². The van der Waals surface area contributed by atoms with Gasteiger partial charge in [0.1, 0.15) is 6.54 Å².